The lowest BCUT2D eigenvalue weighted by Crippen LogP contribution is -2.40. The van der Waals surface area contributed by atoms with Gasteiger partial charge in [0, 0.05) is 33.0 Å². The Morgan fingerprint density at radius 2 is 1.86 bits per heavy atom. The van der Waals surface area contributed by atoms with E-state index in [0.717, 1.165) is 31.2 Å². The monoisotopic (exact) mass is 331 g/mol. The molecule has 0 saturated heterocycles. The maximum atomic E-state index is 6.36. The zero-order valence-electron chi connectivity index (χ0n) is 12.6. The van der Waals surface area contributed by atoms with Gasteiger partial charge in [-0.3, -0.25) is 0 Å². The van der Waals surface area contributed by atoms with E-state index < -0.39 is 5.79 Å². The molecular formula is C16H23Cl2NO2. The first-order valence-electron chi connectivity index (χ1n) is 7.31. The highest BCUT2D eigenvalue weighted by Crippen LogP contribution is 2.43. The Morgan fingerprint density at radius 3 is 2.38 bits per heavy atom. The van der Waals surface area contributed by atoms with Gasteiger partial charge in [-0.25, -0.2) is 0 Å². The van der Waals surface area contributed by atoms with Crippen molar-refractivity contribution in [3.8, 4) is 0 Å². The van der Waals surface area contributed by atoms with Gasteiger partial charge < -0.3 is 15.2 Å². The van der Waals surface area contributed by atoms with E-state index in [0.29, 0.717) is 22.5 Å². The molecule has 1 saturated carbocycles. The average Bonchev–Trinajstić information content (AvgIpc) is 2.53. The number of benzene rings is 1. The average molecular weight is 332 g/mol. The third kappa shape index (κ3) is 3.54. The largest absolute Gasteiger partial charge is 0.353 e. The zero-order chi connectivity index (χ0) is 15.5. The van der Waals surface area contributed by atoms with Crippen LogP contribution in [0.25, 0.3) is 0 Å². The van der Waals surface area contributed by atoms with Crippen molar-refractivity contribution in [1.29, 1.82) is 0 Å². The second-order valence-corrected chi connectivity index (χ2v) is 6.43. The Hall–Kier alpha value is -0.320. The molecule has 0 aromatic heterocycles. The fourth-order valence-corrected chi connectivity index (χ4v) is 3.80. The Kier molecular flexibility index (Phi) is 5.92. The molecule has 0 radical (unpaired) electrons. The summed E-state index contributed by atoms with van der Waals surface area (Å²) in [6.07, 6.45) is 3.76. The number of rotatable bonds is 5. The van der Waals surface area contributed by atoms with Gasteiger partial charge in [-0.1, -0.05) is 35.3 Å². The summed E-state index contributed by atoms with van der Waals surface area (Å²) in [5.41, 5.74) is 7.08. The number of hydrogen-bond donors (Lipinski definition) is 1. The van der Waals surface area contributed by atoms with Crippen LogP contribution in [0.4, 0.5) is 0 Å². The van der Waals surface area contributed by atoms with Crippen molar-refractivity contribution in [2.45, 2.75) is 37.4 Å². The molecule has 1 aromatic rings. The van der Waals surface area contributed by atoms with Crippen molar-refractivity contribution < 1.29 is 9.47 Å². The maximum absolute atomic E-state index is 6.36. The van der Waals surface area contributed by atoms with Crippen LogP contribution in [0.2, 0.25) is 10.0 Å². The zero-order valence-corrected chi connectivity index (χ0v) is 14.1. The van der Waals surface area contributed by atoms with Gasteiger partial charge in [0.1, 0.15) is 0 Å². The van der Waals surface area contributed by atoms with Gasteiger partial charge in [0.25, 0.3) is 0 Å². The quantitative estimate of drug-likeness (QED) is 0.821. The van der Waals surface area contributed by atoms with E-state index in [1.165, 1.54) is 0 Å². The summed E-state index contributed by atoms with van der Waals surface area (Å²) in [6, 6.07) is 5.77. The molecular weight excluding hydrogens is 309 g/mol. The number of ether oxygens (including phenoxy) is 2. The van der Waals surface area contributed by atoms with Crippen molar-refractivity contribution in [1.82, 2.24) is 0 Å². The first-order chi connectivity index (χ1) is 10.1. The van der Waals surface area contributed by atoms with Crippen molar-refractivity contribution in [3.05, 3.63) is 33.8 Å². The van der Waals surface area contributed by atoms with Crippen LogP contribution in [0, 0.1) is 5.92 Å². The standard InChI is InChI=1S/C16H23Cl2NO2/c1-20-16(21-2)8-6-11(7-9-16)13(10-19)12-4-3-5-14(17)15(12)18/h3-5,11,13H,6-10,19H2,1-2H3. The minimum Gasteiger partial charge on any atom is -0.353 e. The van der Waals surface area contributed by atoms with Gasteiger partial charge in [0.05, 0.1) is 10.0 Å². The summed E-state index contributed by atoms with van der Waals surface area (Å²) in [5, 5.41) is 1.22. The molecule has 2 N–H and O–H groups in total. The van der Waals surface area contributed by atoms with Gasteiger partial charge in [0.2, 0.25) is 0 Å². The maximum Gasteiger partial charge on any atom is 0.167 e. The van der Waals surface area contributed by atoms with Crippen LogP contribution in [-0.4, -0.2) is 26.6 Å². The van der Waals surface area contributed by atoms with Crippen LogP contribution < -0.4 is 5.73 Å². The fourth-order valence-electron chi connectivity index (χ4n) is 3.35. The highest BCUT2D eigenvalue weighted by atomic mass is 35.5. The van der Waals surface area contributed by atoms with Crippen LogP contribution in [0.15, 0.2) is 18.2 Å². The third-order valence-corrected chi connectivity index (χ3v) is 5.57. The van der Waals surface area contributed by atoms with E-state index >= 15 is 0 Å². The van der Waals surface area contributed by atoms with E-state index in [9.17, 15) is 0 Å². The third-order valence-electron chi connectivity index (χ3n) is 4.74. The number of nitrogens with two attached hydrogens (primary N) is 1. The van der Waals surface area contributed by atoms with Crippen LogP contribution >= 0.6 is 23.2 Å². The normalized spacial score (nSPS) is 20.4. The molecule has 5 heteroatoms. The topological polar surface area (TPSA) is 44.5 Å². The minimum atomic E-state index is -0.437. The Bertz CT molecular complexity index is 467. The predicted octanol–water partition coefficient (Wildman–Crippen LogP) is 4.22. The van der Waals surface area contributed by atoms with E-state index in [1.807, 2.05) is 18.2 Å². The van der Waals surface area contributed by atoms with Crippen LogP contribution in [0.5, 0.6) is 0 Å². The molecule has 0 amide bonds. The summed E-state index contributed by atoms with van der Waals surface area (Å²) in [5.74, 6) is 0.264. The van der Waals surface area contributed by atoms with Gasteiger partial charge in [-0.05, 0) is 36.9 Å². The molecule has 1 aliphatic carbocycles. The van der Waals surface area contributed by atoms with Crippen molar-refractivity contribution >= 4 is 23.2 Å². The molecule has 118 valence electrons. The van der Waals surface area contributed by atoms with Crippen molar-refractivity contribution in [2.24, 2.45) is 11.7 Å². The molecule has 3 nitrogen and oxygen atoms in total. The fraction of sp³-hybridized carbons (Fsp3) is 0.625. The Morgan fingerprint density at radius 1 is 1.24 bits per heavy atom. The molecule has 1 unspecified atom stereocenters. The molecule has 0 bridgehead atoms. The SMILES string of the molecule is COC1(OC)CCC(C(CN)c2cccc(Cl)c2Cl)CC1. The molecule has 1 atom stereocenters. The summed E-state index contributed by atoms with van der Waals surface area (Å²) < 4.78 is 11.1. The van der Waals surface area contributed by atoms with Crippen LogP contribution in [-0.2, 0) is 9.47 Å². The van der Waals surface area contributed by atoms with Crippen molar-refractivity contribution in [3.63, 3.8) is 0 Å². The molecule has 21 heavy (non-hydrogen) atoms. The molecule has 1 aromatic carbocycles. The first-order valence-corrected chi connectivity index (χ1v) is 8.06. The lowest BCUT2D eigenvalue weighted by molar-refractivity contribution is -0.228. The number of methoxy groups -OCH3 is 2. The van der Waals surface area contributed by atoms with E-state index in [1.54, 1.807) is 14.2 Å². The van der Waals surface area contributed by atoms with Gasteiger partial charge in [0.15, 0.2) is 5.79 Å². The lowest BCUT2D eigenvalue weighted by Gasteiger charge is -2.40. The van der Waals surface area contributed by atoms with Crippen molar-refractivity contribution in [2.75, 3.05) is 20.8 Å². The highest BCUT2D eigenvalue weighted by Gasteiger charge is 2.38. The minimum absolute atomic E-state index is 0.225. The van der Waals surface area contributed by atoms with E-state index in [-0.39, 0.29) is 5.92 Å². The summed E-state index contributed by atoms with van der Waals surface area (Å²) >= 11 is 12.5. The van der Waals surface area contributed by atoms with Gasteiger partial charge in [-0.2, -0.15) is 0 Å². The van der Waals surface area contributed by atoms with E-state index in [2.05, 4.69) is 0 Å². The van der Waals surface area contributed by atoms with Gasteiger partial charge >= 0.3 is 0 Å². The summed E-state index contributed by atoms with van der Waals surface area (Å²) in [7, 11) is 3.41. The Labute approximate surface area is 136 Å². The second-order valence-electron chi connectivity index (χ2n) is 5.64. The second kappa shape index (κ2) is 7.30. The highest BCUT2D eigenvalue weighted by molar-refractivity contribution is 6.42. The first kappa shape index (κ1) is 17.0. The van der Waals surface area contributed by atoms with E-state index in [4.69, 9.17) is 38.4 Å². The number of hydrogen-bond acceptors (Lipinski definition) is 3. The Balaban J connectivity index is 2.15. The number of halogens is 2. The molecule has 0 heterocycles. The van der Waals surface area contributed by atoms with Crippen LogP contribution in [0.1, 0.15) is 37.2 Å². The summed E-state index contributed by atoms with van der Waals surface area (Å²) in [6.45, 7) is 0.567. The molecule has 1 fully saturated rings. The summed E-state index contributed by atoms with van der Waals surface area (Å²) in [4.78, 5) is 0. The smallest absolute Gasteiger partial charge is 0.167 e. The molecule has 2 rings (SSSR count). The molecule has 0 aliphatic heterocycles. The molecule has 1 aliphatic rings. The lowest BCUT2D eigenvalue weighted by atomic mass is 9.75. The van der Waals surface area contributed by atoms with Crippen LogP contribution in [0.3, 0.4) is 0 Å². The molecule has 0 spiro atoms. The predicted molar refractivity (Wildman–Crippen MR) is 87.0 cm³/mol. The van der Waals surface area contributed by atoms with Gasteiger partial charge in [-0.15, -0.1) is 0 Å².